The summed E-state index contributed by atoms with van der Waals surface area (Å²) in [4.78, 5) is 24.8. The van der Waals surface area contributed by atoms with Crippen molar-refractivity contribution in [2.75, 3.05) is 13.2 Å². The molecule has 0 radical (unpaired) electrons. The first kappa shape index (κ1) is 11.6. The minimum Gasteiger partial charge on any atom is -0.461 e. The number of esters is 1. The van der Waals surface area contributed by atoms with Crippen LogP contribution in [0.25, 0.3) is 0 Å². The first-order chi connectivity index (χ1) is 8.74. The van der Waals surface area contributed by atoms with Crippen molar-refractivity contribution >= 4 is 23.6 Å². The lowest BCUT2D eigenvalue weighted by Gasteiger charge is -2.32. The van der Waals surface area contributed by atoms with Crippen molar-refractivity contribution in [2.45, 2.75) is 17.0 Å². The normalized spacial score (nSPS) is 25.6. The lowest BCUT2D eigenvalue weighted by molar-refractivity contribution is -0.140. The van der Waals surface area contributed by atoms with Crippen LogP contribution in [-0.2, 0) is 9.53 Å². The molecule has 2 aliphatic heterocycles. The van der Waals surface area contributed by atoms with Crippen molar-refractivity contribution in [3.63, 3.8) is 0 Å². The second-order valence-electron chi connectivity index (χ2n) is 4.43. The number of amides is 1. The summed E-state index contributed by atoms with van der Waals surface area (Å²) in [6, 6.07) is 8.96. The molecule has 3 rings (SSSR count). The zero-order valence-corrected chi connectivity index (χ0v) is 10.6. The second-order valence-corrected chi connectivity index (χ2v) is 5.91. The predicted octanol–water partition coefficient (Wildman–Crippen LogP) is 1.52. The van der Waals surface area contributed by atoms with Gasteiger partial charge in [-0.2, -0.15) is 0 Å². The van der Waals surface area contributed by atoms with Gasteiger partial charge in [0.2, 0.25) is 5.91 Å². The lowest BCUT2D eigenvalue weighted by atomic mass is 10.2. The first-order valence-electron chi connectivity index (χ1n) is 5.91. The predicted molar refractivity (Wildman–Crippen MR) is 68.2 cm³/mol. The van der Waals surface area contributed by atoms with Gasteiger partial charge in [-0.1, -0.05) is 18.2 Å². The van der Waals surface area contributed by atoms with Gasteiger partial charge >= 0.3 is 5.97 Å². The summed E-state index contributed by atoms with van der Waals surface area (Å²) in [5.41, 5.74) is 0.569. The SMILES string of the molecule is O=C(OCC1CN2C(=O)C[C@H]2S1)c1ccccc1. The van der Waals surface area contributed by atoms with Gasteiger partial charge in [0.25, 0.3) is 0 Å². The molecule has 2 fully saturated rings. The Bertz CT molecular complexity index is 476. The number of ether oxygens (including phenoxy) is 1. The van der Waals surface area contributed by atoms with Crippen LogP contribution in [0.4, 0.5) is 0 Å². The fraction of sp³-hybridized carbons (Fsp3) is 0.385. The highest BCUT2D eigenvalue weighted by Gasteiger charge is 2.44. The second kappa shape index (κ2) is 4.65. The summed E-state index contributed by atoms with van der Waals surface area (Å²) in [5.74, 6) is -0.0823. The Balaban J connectivity index is 1.51. The Morgan fingerprint density at radius 1 is 1.39 bits per heavy atom. The topological polar surface area (TPSA) is 46.6 Å². The van der Waals surface area contributed by atoms with Gasteiger partial charge in [0.05, 0.1) is 22.6 Å². The number of fused-ring (bicyclic) bond motifs is 1. The average molecular weight is 263 g/mol. The van der Waals surface area contributed by atoms with E-state index in [0.29, 0.717) is 30.5 Å². The van der Waals surface area contributed by atoms with Crippen LogP contribution in [0.5, 0.6) is 0 Å². The van der Waals surface area contributed by atoms with Crippen molar-refractivity contribution in [1.29, 1.82) is 0 Å². The van der Waals surface area contributed by atoms with Crippen LogP contribution in [0, 0.1) is 0 Å². The summed E-state index contributed by atoms with van der Waals surface area (Å²) in [7, 11) is 0. The van der Waals surface area contributed by atoms with Crippen molar-refractivity contribution in [3.05, 3.63) is 35.9 Å². The zero-order valence-electron chi connectivity index (χ0n) is 9.74. The molecule has 1 amide bonds. The van der Waals surface area contributed by atoms with E-state index in [0.717, 1.165) is 0 Å². The summed E-state index contributed by atoms with van der Waals surface area (Å²) < 4.78 is 5.27. The van der Waals surface area contributed by atoms with Gasteiger partial charge in [0.1, 0.15) is 6.61 Å². The quantitative estimate of drug-likeness (QED) is 0.612. The molecule has 1 aromatic carbocycles. The van der Waals surface area contributed by atoms with Crippen LogP contribution in [0.1, 0.15) is 16.8 Å². The van der Waals surface area contributed by atoms with Crippen molar-refractivity contribution in [3.8, 4) is 0 Å². The largest absolute Gasteiger partial charge is 0.461 e. The molecule has 2 saturated heterocycles. The summed E-state index contributed by atoms with van der Waals surface area (Å²) >= 11 is 1.73. The van der Waals surface area contributed by atoms with Crippen molar-refractivity contribution < 1.29 is 14.3 Å². The highest BCUT2D eigenvalue weighted by atomic mass is 32.2. The van der Waals surface area contributed by atoms with Gasteiger partial charge in [0, 0.05) is 6.54 Å². The van der Waals surface area contributed by atoms with E-state index in [1.807, 2.05) is 23.1 Å². The number of hydrogen-bond donors (Lipinski definition) is 0. The summed E-state index contributed by atoms with van der Waals surface area (Å²) in [6.07, 6.45) is 0.633. The van der Waals surface area contributed by atoms with Gasteiger partial charge < -0.3 is 9.64 Å². The van der Waals surface area contributed by atoms with Crippen molar-refractivity contribution in [1.82, 2.24) is 4.90 Å². The number of β-lactam (4-membered cyclic amide) rings is 1. The third-order valence-electron chi connectivity index (χ3n) is 3.18. The van der Waals surface area contributed by atoms with E-state index in [1.165, 1.54) is 0 Å². The van der Waals surface area contributed by atoms with E-state index in [4.69, 9.17) is 4.74 Å². The van der Waals surface area contributed by atoms with E-state index in [1.54, 1.807) is 23.9 Å². The van der Waals surface area contributed by atoms with E-state index in [9.17, 15) is 9.59 Å². The van der Waals surface area contributed by atoms with Gasteiger partial charge in [0.15, 0.2) is 0 Å². The molecule has 0 aromatic heterocycles. The van der Waals surface area contributed by atoms with E-state index in [-0.39, 0.29) is 17.1 Å². The highest BCUT2D eigenvalue weighted by Crippen LogP contribution is 2.39. The van der Waals surface area contributed by atoms with Crippen LogP contribution >= 0.6 is 11.8 Å². The van der Waals surface area contributed by atoms with Crippen LogP contribution < -0.4 is 0 Å². The van der Waals surface area contributed by atoms with E-state index in [2.05, 4.69) is 0 Å². The minimum atomic E-state index is -0.295. The molecule has 1 aromatic rings. The molecule has 18 heavy (non-hydrogen) atoms. The maximum absolute atomic E-state index is 11.7. The Hall–Kier alpha value is -1.49. The molecule has 0 bridgehead atoms. The van der Waals surface area contributed by atoms with Gasteiger partial charge in [-0.25, -0.2) is 4.79 Å². The molecule has 94 valence electrons. The first-order valence-corrected chi connectivity index (χ1v) is 6.85. The minimum absolute atomic E-state index is 0.212. The zero-order chi connectivity index (χ0) is 12.5. The monoisotopic (exact) mass is 263 g/mol. The number of carbonyl (C=O) groups is 2. The molecule has 2 aliphatic rings. The lowest BCUT2D eigenvalue weighted by Crippen LogP contribution is -2.47. The molecule has 5 heteroatoms. The Kier molecular flexibility index (Phi) is 2.99. The third kappa shape index (κ3) is 2.10. The molecular formula is C13H13NO3S. The van der Waals surface area contributed by atoms with E-state index >= 15 is 0 Å². The molecule has 2 heterocycles. The molecule has 0 spiro atoms. The summed E-state index contributed by atoms with van der Waals surface area (Å²) in [5, 5.41) is 0.534. The molecule has 1 unspecified atom stereocenters. The van der Waals surface area contributed by atoms with E-state index < -0.39 is 0 Å². The molecular weight excluding hydrogens is 250 g/mol. The molecule has 0 aliphatic carbocycles. The molecule has 0 saturated carbocycles. The maximum Gasteiger partial charge on any atom is 0.338 e. The van der Waals surface area contributed by atoms with Crippen LogP contribution in [0.15, 0.2) is 30.3 Å². The number of nitrogens with zero attached hydrogens (tertiary/aromatic N) is 1. The van der Waals surface area contributed by atoms with Crippen molar-refractivity contribution in [2.24, 2.45) is 0 Å². The Morgan fingerprint density at radius 2 is 2.17 bits per heavy atom. The van der Waals surface area contributed by atoms with Crippen LogP contribution in [0.2, 0.25) is 0 Å². The third-order valence-corrected chi connectivity index (χ3v) is 4.58. The standard InChI is InChI=1S/C13H13NO3S/c15-11-6-12-14(11)7-10(18-12)8-17-13(16)9-4-2-1-3-5-9/h1-5,10,12H,6-8H2/t10?,12-/m1/s1. The number of benzene rings is 1. The fourth-order valence-corrected chi connectivity index (χ4v) is 3.60. The summed E-state index contributed by atoms with van der Waals surface area (Å²) in [6.45, 7) is 1.08. The number of hydrogen-bond acceptors (Lipinski definition) is 4. The Labute approximate surface area is 109 Å². The smallest absolute Gasteiger partial charge is 0.338 e. The van der Waals surface area contributed by atoms with Gasteiger partial charge in [-0.05, 0) is 12.1 Å². The van der Waals surface area contributed by atoms with Crippen LogP contribution in [0.3, 0.4) is 0 Å². The van der Waals surface area contributed by atoms with Gasteiger partial charge in [-0.3, -0.25) is 4.79 Å². The fourth-order valence-electron chi connectivity index (χ4n) is 2.17. The highest BCUT2D eigenvalue weighted by molar-refractivity contribution is 8.00. The molecule has 0 N–H and O–H groups in total. The average Bonchev–Trinajstić information content (AvgIpc) is 2.74. The van der Waals surface area contributed by atoms with Crippen LogP contribution in [-0.4, -0.2) is 40.6 Å². The number of carbonyl (C=O) groups excluding carboxylic acids is 2. The maximum atomic E-state index is 11.7. The van der Waals surface area contributed by atoms with Gasteiger partial charge in [-0.15, -0.1) is 11.8 Å². The number of thioether (sulfide) groups is 1. The number of rotatable bonds is 3. The Morgan fingerprint density at radius 3 is 2.83 bits per heavy atom. The molecule has 2 atom stereocenters. The molecule has 4 nitrogen and oxygen atoms in total.